The summed E-state index contributed by atoms with van der Waals surface area (Å²) < 4.78 is 9.95. The molecule has 1 aliphatic heterocycles. The minimum Gasteiger partial charge on any atom is -0.466 e. The molecule has 1 aliphatic rings. The van der Waals surface area contributed by atoms with Crippen LogP contribution in [0, 0.1) is 0 Å². The van der Waals surface area contributed by atoms with E-state index in [-0.39, 0.29) is 38.0 Å². The Balaban J connectivity index is 1.54. The fourth-order valence-corrected chi connectivity index (χ4v) is 4.08. The van der Waals surface area contributed by atoms with Crippen molar-refractivity contribution in [3.05, 3.63) is 41.1 Å². The van der Waals surface area contributed by atoms with E-state index in [1.54, 1.807) is 26.0 Å². The van der Waals surface area contributed by atoms with Gasteiger partial charge in [-0.15, -0.1) is 0 Å². The number of carbonyl (C=O) groups excluding carboxylic acids is 3. The highest BCUT2D eigenvalue weighted by Crippen LogP contribution is 2.29. The second kappa shape index (κ2) is 12.7. The molecule has 11 heteroatoms. The van der Waals surface area contributed by atoms with Gasteiger partial charge in [-0.05, 0) is 63.6 Å². The number of nitrogen functional groups attached to an aromatic ring is 2. The summed E-state index contributed by atoms with van der Waals surface area (Å²) in [6.45, 7) is 3.82. The van der Waals surface area contributed by atoms with Gasteiger partial charge in [-0.25, -0.2) is 9.78 Å². The van der Waals surface area contributed by atoms with Gasteiger partial charge in [0.1, 0.15) is 6.04 Å². The van der Waals surface area contributed by atoms with Gasteiger partial charge in [0, 0.05) is 18.0 Å². The van der Waals surface area contributed by atoms with Gasteiger partial charge in [0.15, 0.2) is 5.82 Å². The third-order valence-electron chi connectivity index (χ3n) is 5.92. The maximum atomic E-state index is 12.7. The smallest absolute Gasteiger partial charge is 0.328 e. The molecule has 2 aromatic rings. The van der Waals surface area contributed by atoms with Crippen LogP contribution >= 0.6 is 0 Å². The molecule has 2 atom stereocenters. The topological polar surface area (TPSA) is 172 Å². The lowest BCUT2D eigenvalue weighted by atomic mass is 9.96. The average molecular weight is 499 g/mol. The second-order valence-corrected chi connectivity index (χ2v) is 8.53. The third kappa shape index (κ3) is 7.30. The van der Waals surface area contributed by atoms with E-state index in [0.29, 0.717) is 11.4 Å². The highest BCUT2D eigenvalue weighted by molar-refractivity contribution is 5.96. The van der Waals surface area contributed by atoms with Crippen LogP contribution in [0.15, 0.2) is 24.3 Å². The molecule has 3 rings (SSSR count). The van der Waals surface area contributed by atoms with Gasteiger partial charge in [0.25, 0.3) is 5.91 Å². The molecule has 0 radical (unpaired) electrons. The predicted octanol–water partition coefficient (Wildman–Crippen LogP) is 2.01. The van der Waals surface area contributed by atoms with E-state index in [4.69, 9.17) is 20.9 Å². The molecule has 36 heavy (non-hydrogen) atoms. The number of anilines is 3. The van der Waals surface area contributed by atoms with Crippen LogP contribution in [0.5, 0.6) is 0 Å². The molecule has 0 saturated carbocycles. The fraction of sp³-hybridized carbons (Fsp3) is 0.480. The van der Waals surface area contributed by atoms with Gasteiger partial charge in [0.2, 0.25) is 5.95 Å². The maximum Gasteiger partial charge on any atom is 0.328 e. The quantitative estimate of drug-likeness (QED) is 0.336. The largest absolute Gasteiger partial charge is 0.466 e. The molecule has 194 valence electrons. The van der Waals surface area contributed by atoms with Crippen LogP contribution in [-0.2, 0) is 31.9 Å². The highest BCUT2D eigenvalue weighted by Gasteiger charge is 2.24. The van der Waals surface area contributed by atoms with Crippen molar-refractivity contribution < 1.29 is 23.9 Å². The number of rotatable bonds is 11. The number of nitrogens with one attached hydrogen (secondary N) is 2. The Hall–Kier alpha value is -3.89. The molecule has 0 spiro atoms. The number of esters is 2. The van der Waals surface area contributed by atoms with Crippen molar-refractivity contribution in [2.24, 2.45) is 0 Å². The van der Waals surface area contributed by atoms with Crippen molar-refractivity contribution in [3.63, 3.8) is 0 Å². The van der Waals surface area contributed by atoms with Crippen LogP contribution in [0.1, 0.15) is 61.1 Å². The van der Waals surface area contributed by atoms with Crippen LogP contribution in [0.2, 0.25) is 0 Å². The second-order valence-electron chi connectivity index (χ2n) is 8.53. The molecular formula is C25H34N6O5. The Morgan fingerprint density at radius 3 is 2.53 bits per heavy atom. The first-order valence-electron chi connectivity index (χ1n) is 12.2. The fourth-order valence-electron chi connectivity index (χ4n) is 4.08. The average Bonchev–Trinajstić information content (AvgIpc) is 2.85. The minimum atomic E-state index is -0.937. The Kier molecular flexibility index (Phi) is 9.43. The minimum absolute atomic E-state index is 0.00136. The first kappa shape index (κ1) is 26.7. The summed E-state index contributed by atoms with van der Waals surface area (Å²) in [4.78, 5) is 45.0. The van der Waals surface area contributed by atoms with E-state index in [2.05, 4.69) is 20.6 Å². The number of fused-ring (bicyclic) bond motifs is 1. The lowest BCUT2D eigenvalue weighted by Gasteiger charge is -2.27. The molecule has 0 bridgehead atoms. The van der Waals surface area contributed by atoms with E-state index in [9.17, 15) is 14.4 Å². The van der Waals surface area contributed by atoms with Crippen LogP contribution in [0.3, 0.4) is 0 Å². The number of benzene rings is 1. The standard InChI is InChI=1S/C25H34N6O5/c1-3-35-20(32)14-13-19(24(34)36-4-2)29-23(33)16-8-5-15(6-9-16)7-10-17-11-12-18-21(28-17)22(26)31-25(27)30-18/h5-6,8-9,17,19,28H,3-4,7,10-14H2,1-2H3,(H,29,33)(H4,26,27,30,31)/t17?,19-/m0/s1. The Bertz CT molecular complexity index is 1080. The van der Waals surface area contributed by atoms with Gasteiger partial charge in [0.05, 0.1) is 24.6 Å². The predicted molar refractivity (Wildman–Crippen MR) is 135 cm³/mol. The SMILES string of the molecule is CCOC(=O)CC[C@H](NC(=O)c1ccc(CCC2CCc3nc(N)nc(N)c3N2)cc1)C(=O)OCC. The van der Waals surface area contributed by atoms with Crippen LogP contribution in [0.4, 0.5) is 17.5 Å². The van der Waals surface area contributed by atoms with Gasteiger partial charge < -0.3 is 31.6 Å². The Labute approximate surface area is 210 Å². The zero-order chi connectivity index (χ0) is 26.1. The summed E-state index contributed by atoms with van der Waals surface area (Å²) in [5, 5.41) is 6.09. The van der Waals surface area contributed by atoms with Crippen molar-refractivity contribution in [1.82, 2.24) is 15.3 Å². The number of carbonyl (C=O) groups is 3. The maximum absolute atomic E-state index is 12.7. The number of ether oxygens (including phenoxy) is 2. The summed E-state index contributed by atoms with van der Waals surface area (Å²) in [5.41, 5.74) is 14.8. The normalized spacial score (nSPS) is 15.2. The van der Waals surface area contributed by atoms with E-state index in [1.807, 2.05) is 12.1 Å². The molecule has 11 nitrogen and oxygen atoms in total. The van der Waals surface area contributed by atoms with Crippen molar-refractivity contribution in [1.29, 1.82) is 0 Å². The molecular weight excluding hydrogens is 464 g/mol. The number of nitrogens with zero attached hydrogens (tertiary/aromatic N) is 2. The Morgan fingerprint density at radius 2 is 1.83 bits per heavy atom. The lowest BCUT2D eigenvalue weighted by Crippen LogP contribution is -2.42. The van der Waals surface area contributed by atoms with Crippen LogP contribution < -0.4 is 22.1 Å². The van der Waals surface area contributed by atoms with Crippen molar-refractivity contribution in [2.75, 3.05) is 30.0 Å². The molecule has 0 aliphatic carbocycles. The van der Waals surface area contributed by atoms with E-state index >= 15 is 0 Å². The zero-order valence-corrected chi connectivity index (χ0v) is 20.7. The summed E-state index contributed by atoms with van der Waals surface area (Å²) in [6, 6.07) is 6.50. The number of amides is 1. The molecule has 6 N–H and O–H groups in total. The number of hydrogen-bond donors (Lipinski definition) is 4. The molecule has 0 fully saturated rings. The van der Waals surface area contributed by atoms with Crippen LogP contribution in [0.25, 0.3) is 0 Å². The van der Waals surface area contributed by atoms with Gasteiger partial charge in [-0.1, -0.05) is 12.1 Å². The molecule has 1 aromatic carbocycles. The number of hydrogen-bond acceptors (Lipinski definition) is 10. The number of aromatic nitrogens is 2. The first-order valence-corrected chi connectivity index (χ1v) is 12.2. The molecule has 1 aromatic heterocycles. The van der Waals surface area contributed by atoms with Crippen molar-refractivity contribution in [3.8, 4) is 0 Å². The van der Waals surface area contributed by atoms with Crippen LogP contribution in [-0.4, -0.2) is 53.1 Å². The third-order valence-corrected chi connectivity index (χ3v) is 5.92. The summed E-state index contributed by atoms with van der Waals surface area (Å²) in [7, 11) is 0. The highest BCUT2D eigenvalue weighted by atomic mass is 16.5. The molecule has 1 amide bonds. The Morgan fingerprint density at radius 1 is 1.11 bits per heavy atom. The van der Waals surface area contributed by atoms with Crippen molar-refractivity contribution >= 4 is 35.3 Å². The first-order chi connectivity index (χ1) is 17.3. The number of aryl methyl sites for hydroxylation is 2. The monoisotopic (exact) mass is 498 g/mol. The lowest BCUT2D eigenvalue weighted by molar-refractivity contribution is -0.146. The summed E-state index contributed by atoms with van der Waals surface area (Å²) in [5.74, 6) is -0.879. The zero-order valence-electron chi connectivity index (χ0n) is 20.7. The molecule has 1 unspecified atom stereocenters. The van der Waals surface area contributed by atoms with E-state index in [0.717, 1.165) is 42.6 Å². The summed E-state index contributed by atoms with van der Waals surface area (Å²) in [6.07, 6.45) is 3.46. The summed E-state index contributed by atoms with van der Waals surface area (Å²) >= 11 is 0. The van der Waals surface area contributed by atoms with Gasteiger partial charge >= 0.3 is 11.9 Å². The van der Waals surface area contributed by atoms with E-state index in [1.165, 1.54) is 0 Å². The number of nitrogens with two attached hydrogens (primary N) is 2. The molecule has 2 heterocycles. The van der Waals surface area contributed by atoms with Gasteiger partial charge in [-0.3, -0.25) is 9.59 Å². The van der Waals surface area contributed by atoms with E-state index < -0.39 is 23.9 Å². The molecule has 0 saturated heterocycles. The van der Waals surface area contributed by atoms with Gasteiger partial charge in [-0.2, -0.15) is 4.98 Å². The van der Waals surface area contributed by atoms with Crippen molar-refractivity contribution in [2.45, 2.75) is 64.5 Å².